The summed E-state index contributed by atoms with van der Waals surface area (Å²) in [7, 11) is -1.95. The standard InChI is InChI=1S/C22H27BrN2O5S/c1-16-9-11-25(12-10-16)31(27,28)19-6-4-18(5-7-19)24-22(26)20-15-17(23)3-8-21(20)30-14-13-29-2/h3-8,15-16H,9-14H2,1-2H3,(H,24,26). The van der Waals surface area contributed by atoms with Gasteiger partial charge in [0.25, 0.3) is 5.91 Å². The van der Waals surface area contributed by atoms with Crippen molar-refractivity contribution in [1.82, 2.24) is 4.31 Å². The third kappa shape index (κ3) is 6.06. The van der Waals surface area contributed by atoms with Crippen LogP contribution < -0.4 is 10.1 Å². The Labute approximate surface area is 191 Å². The summed E-state index contributed by atoms with van der Waals surface area (Å²) in [5.74, 6) is 0.635. The van der Waals surface area contributed by atoms with E-state index >= 15 is 0 Å². The third-order valence-electron chi connectivity index (χ3n) is 5.22. The van der Waals surface area contributed by atoms with Crippen LogP contribution in [0, 0.1) is 5.92 Å². The molecule has 1 amide bonds. The normalized spacial score (nSPS) is 15.6. The number of carbonyl (C=O) groups is 1. The molecular weight excluding hydrogens is 484 g/mol. The summed E-state index contributed by atoms with van der Waals surface area (Å²) in [6.07, 6.45) is 1.74. The molecule has 2 aromatic carbocycles. The number of nitrogens with zero attached hydrogens (tertiary/aromatic N) is 1. The van der Waals surface area contributed by atoms with E-state index in [1.165, 1.54) is 16.4 Å². The second kappa shape index (κ2) is 10.6. The van der Waals surface area contributed by atoms with Crippen molar-refractivity contribution in [2.24, 2.45) is 5.92 Å². The highest BCUT2D eigenvalue weighted by atomic mass is 79.9. The molecule has 1 aliphatic rings. The number of amides is 1. The van der Waals surface area contributed by atoms with Gasteiger partial charge in [0.2, 0.25) is 10.0 Å². The monoisotopic (exact) mass is 510 g/mol. The van der Waals surface area contributed by atoms with Gasteiger partial charge in [-0.1, -0.05) is 22.9 Å². The summed E-state index contributed by atoms with van der Waals surface area (Å²) in [4.78, 5) is 13.0. The number of methoxy groups -OCH3 is 1. The van der Waals surface area contributed by atoms with Crippen molar-refractivity contribution in [3.8, 4) is 5.75 Å². The van der Waals surface area contributed by atoms with E-state index < -0.39 is 10.0 Å². The molecule has 1 saturated heterocycles. The number of hydrogen-bond donors (Lipinski definition) is 1. The van der Waals surface area contributed by atoms with Crippen molar-refractivity contribution in [3.05, 3.63) is 52.5 Å². The Morgan fingerprint density at radius 3 is 2.45 bits per heavy atom. The van der Waals surface area contributed by atoms with Crippen LogP contribution in [0.3, 0.4) is 0 Å². The molecule has 1 fully saturated rings. The van der Waals surface area contributed by atoms with Gasteiger partial charge in [-0.05, 0) is 61.2 Å². The Morgan fingerprint density at radius 1 is 1.13 bits per heavy atom. The molecule has 31 heavy (non-hydrogen) atoms. The van der Waals surface area contributed by atoms with Gasteiger partial charge in [-0.3, -0.25) is 4.79 Å². The van der Waals surface area contributed by atoms with E-state index in [1.807, 2.05) is 0 Å². The maximum absolute atomic E-state index is 12.9. The zero-order chi connectivity index (χ0) is 22.4. The molecule has 0 aromatic heterocycles. The van der Waals surface area contributed by atoms with Gasteiger partial charge in [-0.2, -0.15) is 4.31 Å². The van der Waals surface area contributed by atoms with Gasteiger partial charge in [0.15, 0.2) is 0 Å². The lowest BCUT2D eigenvalue weighted by atomic mass is 10.0. The average Bonchev–Trinajstić information content (AvgIpc) is 2.75. The number of sulfonamides is 1. The number of anilines is 1. The van der Waals surface area contributed by atoms with Crippen LogP contribution in [0.1, 0.15) is 30.1 Å². The van der Waals surface area contributed by atoms with Crippen molar-refractivity contribution in [2.75, 3.05) is 38.7 Å². The lowest BCUT2D eigenvalue weighted by Crippen LogP contribution is -2.37. The van der Waals surface area contributed by atoms with Crippen LogP contribution >= 0.6 is 15.9 Å². The first kappa shape index (κ1) is 23.7. The summed E-state index contributed by atoms with van der Waals surface area (Å²) in [6, 6.07) is 11.4. The van der Waals surface area contributed by atoms with Crippen LogP contribution in [0.15, 0.2) is 51.8 Å². The predicted molar refractivity (Wildman–Crippen MR) is 123 cm³/mol. The van der Waals surface area contributed by atoms with E-state index in [0.717, 1.165) is 17.3 Å². The number of halogens is 1. The van der Waals surface area contributed by atoms with Gasteiger partial charge in [-0.25, -0.2) is 8.42 Å². The van der Waals surface area contributed by atoms with Gasteiger partial charge in [0, 0.05) is 30.4 Å². The number of hydrogen-bond acceptors (Lipinski definition) is 5. The summed E-state index contributed by atoms with van der Waals surface area (Å²) < 4.78 is 38.6. The number of carbonyl (C=O) groups excluding carboxylic acids is 1. The zero-order valence-corrected chi connectivity index (χ0v) is 20.0. The minimum atomic E-state index is -3.53. The molecule has 2 aromatic rings. The molecule has 0 spiro atoms. The Kier molecular flexibility index (Phi) is 8.10. The van der Waals surface area contributed by atoms with Gasteiger partial charge in [0.05, 0.1) is 17.1 Å². The quantitative estimate of drug-likeness (QED) is 0.539. The topological polar surface area (TPSA) is 84.9 Å². The first-order chi connectivity index (χ1) is 14.8. The van der Waals surface area contributed by atoms with E-state index in [0.29, 0.717) is 49.2 Å². The molecule has 0 aliphatic carbocycles. The molecule has 1 N–H and O–H groups in total. The van der Waals surface area contributed by atoms with E-state index in [9.17, 15) is 13.2 Å². The number of nitrogens with one attached hydrogen (secondary N) is 1. The second-order valence-electron chi connectivity index (χ2n) is 7.55. The Balaban J connectivity index is 1.71. The molecule has 0 radical (unpaired) electrons. The third-order valence-corrected chi connectivity index (χ3v) is 7.63. The lowest BCUT2D eigenvalue weighted by Gasteiger charge is -2.29. The second-order valence-corrected chi connectivity index (χ2v) is 10.4. The number of benzene rings is 2. The molecule has 0 atom stereocenters. The van der Waals surface area contributed by atoms with Crippen LogP contribution in [0.2, 0.25) is 0 Å². The number of ether oxygens (including phenoxy) is 2. The highest BCUT2D eigenvalue weighted by Crippen LogP contribution is 2.26. The van der Waals surface area contributed by atoms with Crippen molar-refractivity contribution in [3.63, 3.8) is 0 Å². The van der Waals surface area contributed by atoms with Gasteiger partial charge in [-0.15, -0.1) is 0 Å². The summed E-state index contributed by atoms with van der Waals surface area (Å²) in [5, 5.41) is 2.80. The number of piperidine rings is 1. The van der Waals surface area contributed by atoms with Gasteiger partial charge in [0.1, 0.15) is 12.4 Å². The maximum atomic E-state index is 12.9. The molecule has 0 bridgehead atoms. The minimum absolute atomic E-state index is 0.228. The molecule has 3 rings (SSSR count). The molecule has 7 nitrogen and oxygen atoms in total. The summed E-state index contributed by atoms with van der Waals surface area (Å²) in [5.41, 5.74) is 0.864. The fourth-order valence-corrected chi connectivity index (χ4v) is 5.15. The van der Waals surface area contributed by atoms with Gasteiger partial charge < -0.3 is 14.8 Å². The van der Waals surface area contributed by atoms with E-state index in [1.54, 1.807) is 37.4 Å². The molecule has 9 heteroatoms. The fourth-order valence-electron chi connectivity index (χ4n) is 3.32. The molecule has 1 aliphatic heterocycles. The SMILES string of the molecule is COCCOc1ccc(Br)cc1C(=O)Nc1ccc(S(=O)(=O)N2CCC(C)CC2)cc1. The van der Waals surface area contributed by atoms with Crippen LogP contribution in [-0.2, 0) is 14.8 Å². The lowest BCUT2D eigenvalue weighted by molar-refractivity contribution is 0.101. The van der Waals surface area contributed by atoms with Crippen LogP contribution in [0.4, 0.5) is 5.69 Å². The highest BCUT2D eigenvalue weighted by molar-refractivity contribution is 9.10. The molecule has 168 valence electrons. The largest absolute Gasteiger partial charge is 0.490 e. The fraction of sp³-hybridized carbons (Fsp3) is 0.409. The zero-order valence-electron chi connectivity index (χ0n) is 17.6. The molecule has 0 saturated carbocycles. The average molecular weight is 511 g/mol. The van der Waals surface area contributed by atoms with Crippen molar-refractivity contribution < 1.29 is 22.7 Å². The number of rotatable bonds is 8. The van der Waals surface area contributed by atoms with Crippen LogP contribution in [0.5, 0.6) is 5.75 Å². The van der Waals surface area contributed by atoms with Crippen molar-refractivity contribution >= 4 is 37.5 Å². The highest BCUT2D eigenvalue weighted by Gasteiger charge is 2.28. The van der Waals surface area contributed by atoms with E-state index in [-0.39, 0.29) is 10.8 Å². The minimum Gasteiger partial charge on any atom is -0.490 e. The van der Waals surface area contributed by atoms with Crippen LogP contribution in [-0.4, -0.2) is 52.0 Å². The van der Waals surface area contributed by atoms with Crippen molar-refractivity contribution in [1.29, 1.82) is 0 Å². The van der Waals surface area contributed by atoms with E-state index in [4.69, 9.17) is 9.47 Å². The molecular formula is C22H27BrN2O5S. The molecule has 0 unspecified atom stereocenters. The first-order valence-electron chi connectivity index (χ1n) is 10.1. The Morgan fingerprint density at radius 2 is 1.81 bits per heavy atom. The molecule has 1 heterocycles. The van der Waals surface area contributed by atoms with E-state index in [2.05, 4.69) is 28.2 Å². The predicted octanol–water partition coefficient (Wildman–Crippen LogP) is 4.15. The van der Waals surface area contributed by atoms with Crippen LogP contribution in [0.25, 0.3) is 0 Å². The van der Waals surface area contributed by atoms with Gasteiger partial charge >= 0.3 is 0 Å². The summed E-state index contributed by atoms with van der Waals surface area (Å²) in [6.45, 7) is 3.94. The Bertz CT molecular complexity index is 1000. The van der Waals surface area contributed by atoms with Crippen molar-refractivity contribution in [2.45, 2.75) is 24.7 Å². The maximum Gasteiger partial charge on any atom is 0.259 e. The first-order valence-corrected chi connectivity index (χ1v) is 12.4. The smallest absolute Gasteiger partial charge is 0.259 e. The summed E-state index contributed by atoms with van der Waals surface area (Å²) >= 11 is 3.37. The Hall–Kier alpha value is -1.94.